The highest BCUT2D eigenvalue weighted by Crippen LogP contribution is 2.27. The maximum absolute atomic E-state index is 5.97. The molecular weight excluding hydrogens is 267 g/mol. The van der Waals surface area contributed by atoms with Gasteiger partial charge in [0, 0.05) is 26.5 Å². The number of halogens is 2. The van der Waals surface area contributed by atoms with E-state index in [1.807, 2.05) is 25.1 Å². The van der Waals surface area contributed by atoms with Crippen molar-refractivity contribution in [2.45, 2.75) is 6.92 Å². The molecule has 0 saturated heterocycles. The zero-order chi connectivity index (χ0) is 10.1. The normalized spacial score (nSPS) is 10.5. The van der Waals surface area contributed by atoms with Crippen LogP contribution in [0.3, 0.4) is 0 Å². The van der Waals surface area contributed by atoms with Crippen LogP contribution in [0.15, 0.2) is 27.4 Å². The number of benzene rings is 1. The summed E-state index contributed by atoms with van der Waals surface area (Å²) in [5.74, 6) is 0.469. The molecule has 0 amide bonds. The van der Waals surface area contributed by atoms with Gasteiger partial charge in [-0.05, 0) is 24.6 Å². The van der Waals surface area contributed by atoms with Crippen LogP contribution in [-0.4, -0.2) is 10.2 Å². The number of hydrogen-bond acceptors (Lipinski definition) is 3. The van der Waals surface area contributed by atoms with Crippen molar-refractivity contribution in [3.05, 3.63) is 33.6 Å². The third-order valence-electron chi connectivity index (χ3n) is 1.90. The van der Waals surface area contributed by atoms with Crippen molar-refractivity contribution in [2.24, 2.45) is 0 Å². The van der Waals surface area contributed by atoms with Gasteiger partial charge in [0.25, 0.3) is 4.80 Å². The molecule has 0 N–H and O–H groups in total. The molecule has 0 aliphatic carbocycles. The minimum atomic E-state index is 0.367. The molecule has 72 valence electrons. The maximum Gasteiger partial charge on any atom is 0.285 e. The lowest BCUT2D eigenvalue weighted by molar-refractivity contribution is 0.540. The van der Waals surface area contributed by atoms with Crippen molar-refractivity contribution in [1.82, 2.24) is 10.2 Å². The average molecular weight is 274 g/mol. The van der Waals surface area contributed by atoms with Crippen LogP contribution >= 0.6 is 27.5 Å². The van der Waals surface area contributed by atoms with Crippen LogP contribution in [0.1, 0.15) is 5.56 Å². The van der Waals surface area contributed by atoms with Gasteiger partial charge >= 0.3 is 0 Å². The van der Waals surface area contributed by atoms with Crippen LogP contribution in [0.5, 0.6) is 0 Å². The Kier molecular flexibility index (Phi) is 2.56. The van der Waals surface area contributed by atoms with E-state index in [-0.39, 0.29) is 0 Å². The molecule has 0 aliphatic rings. The first kappa shape index (κ1) is 9.68. The van der Waals surface area contributed by atoms with Gasteiger partial charge in [-0.15, -0.1) is 10.2 Å². The molecule has 14 heavy (non-hydrogen) atoms. The lowest BCUT2D eigenvalue weighted by Crippen LogP contribution is -1.84. The van der Waals surface area contributed by atoms with E-state index in [4.69, 9.17) is 16.0 Å². The predicted molar refractivity (Wildman–Crippen MR) is 57.2 cm³/mol. The smallest absolute Gasteiger partial charge is 0.285 e. The molecule has 0 atom stereocenters. The molecule has 3 nitrogen and oxygen atoms in total. The second-order valence-corrected chi connectivity index (χ2v) is 3.86. The molecule has 5 heteroatoms. The number of rotatable bonds is 1. The fourth-order valence-corrected chi connectivity index (χ4v) is 1.56. The van der Waals surface area contributed by atoms with E-state index in [1.54, 1.807) is 0 Å². The Balaban J connectivity index is 2.57. The summed E-state index contributed by atoms with van der Waals surface area (Å²) < 4.78 is 5.24. The van der Waals surface area contributed by atoms with E-state index >= 15 is 0 Å². The van der Waals surface area contributed by atoms with Gasteiger partial charge in [0.2, 0.25) is 5.89 Å². The van der Waals surface area contributed by atoms with Crippen LogP contribution in [-0.2, 0) is 0 Å². The van der Waals surface area contributed by atoms with Crippen molar-refractivity contribution in [3.8, 4) is 11.5 Å². The molecule has 0 aliphatic heterocycles. The van der Waals surface area contributed by atoms with Crippen LogP contribution in [0, 0.1) is 6.92 Å². The van der Waals surface area contributed by atoms with Crippen molar-refractivity contribution >= 4 is 27.5 Å². The van der Waals surface area contributed by atoms with Crippen LogP contribution in [0.25, 0.3) is 11.5 Å². The zero-order valence-corrected chi connectivity index (χ0v) is 9.63. The van der Waals surface area contributed by atoms with Gasteiger partial charge in [0.05, 0.1) is 0 Å². The molecule has 2 rings (SSSR count). The summed E-state index contributed by atoms with van der Waals surface area (Å²) in [6, 6.07) is 5.57. The Morgan fingerprint density at radius 2 is 2.14 bits per heavy atom. The van der Waals surface area contributed by atoms with Gasteiger partial charge in [-0.25, -0.2) is 0 Å². The van der Waals surface area contributed by atoms with Gasteiger partial charge in [0.15, 0.2) is 0 Å². The summed E-state index contributed by atoms with van der Waals surface area (Å²) in [6.07, 6.45) is 0. The van der Waals surface area contributed by atoms with Gasteiger partial charge in [-0.2, -0.15) is 0 Å². The molecule has 0 saturated carbocycles. The fourth-order valence-electron chi connectivity index (χ4n) is 1.15. The minimum absolute atomic E-state index is 0.367. The first-order valence-corrected chi connectivity index (χ1v) is 5.10. The van der Waals surface area contributed by atoms with Crippen molar-refractivity contribution in [3.63, 3.8) is 0 Å². The highest BCUT2D eigenvalue weighted by molar-refractivity contribution is 9.10. The van der Waals surface area contributed by atoms with Crippen LogP contribution in [0.4, 0.5) is 0 Å². The van der Waals surface area contributed by atoms with E-state index in [0.717, 1.165) is 11.1 Å². The minimum Gasteiger partial charge on any atom is -0.411 e. The molecule has 0 spiro atoms. The summed E-state index contributed by atoms with van der Waals surface area (Å²) >= 11 is 9.07. The molecule has 2 aromatic rings. The monoisotopic (exact) mass is 272 g/mol. The largest absolute Gasteiger partial charge is 0.411 e. The summed E-state index contributed by atoms with van der Waals surface area (Å²) in [6.45, 7) is 1.91. The third-order valence-corrected chi connectivity index (χ3v) is 2.63. The molecule has 0 radical (unpaired) electrons. The Bertz CT molecular complexity index is 470. The number of aromatic nitrogens is 2. The Labute approximate surface area is 94.2 Å². The maximum atomic E-state index is 5.97. The third kappa shape index (κ3) is 1.67. The molecule has 1 heterocycles. The standard InChI is InChI=1S/C9H6BrClN2O/c1-5-6(3-2-4-7(5)11)8-12-13-9(10)14-8/h2-4H,1H3. The lowest BCUT2D eigenvalue weighted by atomic mass is 10.1. The summed E-state index contributed by atoms with van der Waals surface area (Å²) in [4.78, 5) is 0.367. The zero-order valence-electron chi connectivity index (χ0n) is 7.29. The van der Waals surface area contributed by atoms with Gasteiger partial charge in [0.1, 0.15) is 0 Å². The Hall–Kier alpha value is -0.870. The highest BCUT2D eigenvalue weighted by Gasteiger charge is 2.10. The Morgan fingerprint density at radius 3 is 2.79 bits per heavy atom. The first-order chi connectivity index (χ1) is 6.68. The molecule has 0 unspecified atom stereocenters. The second kappa shape index (κ2) is 3.71. The quantitative estimate of drug-likeness (QED) is 0.798. The summed E-state index contributed by atoms with van der Waals surface area (Å²) in [5.41, 5.74) is 1.79. The second-order valence-electron chi connectivity index (χ2n) is 2.77. The van der Waals surface area contributed by atoms with E-state index in [9.17, 15) is 0 Å². The SMILES string of the molecule is Cc1c(Cl)cccc1-c1nnc(Br)o1. The Morgan fingerprint density at radius 1 is 1.36 bits per heavy atom. The predicted octanol–water partition coefficient (Wildman–Crippen LogP) is 3.46. The fraction of sp³-hybridized carbons (Fsp3) is 0.111. The van der Waals surface area contributed by atoms with Crippen LogP contribution < -0.4 is 0 Å². The highest BCUT2D eigenvalue weighted by atomic mass is 79.9. The molecule has 0 fully saturated rings. The molecule has 1 aromatic carbocycles. The van der Waals surface area contributed by atoms with E-state index in [0.29, 0.717) is 15.7 Å². The number of hydrogen-bond donors (Lipinski definition) is 0. The first-order valence-electron chi connectivity index (χ1n) is 3.93. The molecular formula is C9H6BrClN2O. The van der Waals surface area contributed by atoms with Crippen molar-refractivity contribution in [1.29, 1.82) is 0 Å². The number of nitrogens with zero attached hydrogens (tertiary/aromatic N) is 2. The molecule has 1 aromatic heterocycles. The summed E-state index contributed by atoms with van der Waals surface area (Å²) in [7, 11) is 0. The van der Waals surface area contributed by atoms with Crippen molar-refractivity contribution < 1.29 is 4.42 Å². The van der Waals surface area contributed by atoms with Gasteiger partial charge < -0.3 is 4.42 Å². The van der Waals surface area contributed by atoms with Gasteiger partial charge in [-0.3, -0.25) is 0 Å². The average Bonchev–Trinajstić information content (AvgIpc) is 2.57. The summed E-state index contributed by atoms with van der Waals surface area (Å²) in [5, 5.41) is 8.28. The topological polar surface area (TPSA) is 38.9 Å². The van der Waals surface area contributed by atoms with Crippen LogP contribution in [0.2, 0.25) is 5.02 Å². The van der Waals surface area contributed by atoms with Crippen molar-refractivity contribution in [2.75, 3.05) is 0 Å². The van der Waals surface area contributed by atoms with Gasteiger partial charge in [-0.1, -0.05) is 17.7 Å². The lowest BCUT2D eigenvalue weighted by Gasteiger charge is -2.01. The molecule has 0 bridgehead atoms. The van der Waals surface area contributed by atoms with E-state index in [2.05, 4.69) is 26.1 Å². The van der Waals surface area contributed by atoms with E-state index in [1.165, 1.54) is 0 Å². The van der Waals surface area contributed by atoms with E-state index < -0.39 is 0 Å².